The van der Waals surface area contributed by atoms with E-state index < -0.39 is 0 Å². The van der Waals surface area contributed by atoms with E-state index in [4.69, 9.17) is 10.5 Å². The molecule has 1 aromatic heterocycles. The van der Waals surface area contributed by atoms with Gasteiger partial charge < -0.3 is 10.5 Å². The molecule has 2 N–H and O–H groups in total. The first kappa shape index (κ1) is 10.6. The zero-order valence-corrected chi connectivity index (χ0v) is 9.09. The van der Waals surface area contributed by atoms with Crippen LogP contribution in [0.5, 0.6) is 0 Å². The monoisotopic (exact) mass is 210 g/mol. The van der Waals surface area contributed by atoms with Crippen LogP contribution in [0.15, 0.2) is 6.20 Å². The number of hydrogen-bond donors (Lipinski definition) is 1. The molecule has 0 saturated carbocycles. The largest absolute Gasteiger partial charge is 0.376 e. The maximum Gasteiger partial charge on any atom is 0.0991 e. The van der Waals surface area contributed by atoms with E-state index in [2.05, 4.69) is 10.3 Å². The number of ether oxygens (including phenoxy) is 1. The Hall–Kier alpha value is -0.940. The van der Waals surface area contributed by atoms with E-state index in [1.165, 1.54) is 12.8 Å². The molecule has 15 heavy (non-hydrogen) atoms. The Kier molecular flexibility index (Phi) is 3.33. The van der Waals surface area contributed by atoms with Crippen molar-refractivity contribution in [2.24, 2.45) is 5.73 Å². The van der Waals surface area contributed by atoms with Crippen molar-refractivity contribution in [2.75, 3.05) is 6.61 Å². The third-order valence-electron chi connectivity index (χ3n) is 2.69. The van der Waals surface area contributed by atoms with Crippen molar-refractivity contribution in [3.63, 3.8) is 0 Å². The summed E-state index contributed by atoms with van der Waals surface area (Å²) in [5.74, 6) is 0. The summed E-state index contributed by atoms with van der Waals surface area (Å²) >= 11 is 0. The van der Waals surface area contributed by atoms with E-state index in [9.17, 15) is 0 Å². The van der Waals surface area contributed by atoms with Gasteiger partial charge in [0, 0.05) is 12.6 Å². The summed E-state index contributed by atoms with van der Waals surface area (Å²) in [5.41, 5.74) is 6.55. The van der Waals surface area contributed by atoms with Gasteiger partial charge in [0.2, 0.25) is 0 Å². The van der Waals surface area contributed by atoms with Crippen LogP contribution in [0.4, 0.5) is 0 Å². The molecule has 5 nitrogen and oxygen atoms in total. The summed E-state index contributed by atoms with van der Waals surface area (Å²) in [7, 11) is 0. The number of rotatable bonds is 3. The Morgan fingerprint density at radius 1 is 1.67 bits per heavy atom. The minimum absolute atomic E-state index is 0.0500. The minimum atomic E-state index is -0.0500. The highest BCUT2D eigenvalue weighted by Crippen LogP contribution is 2.14. The van der Waals surface area contributed by atoms with Crippen LogP contribution in [-0.4, -0.2) is 27.7 Å². The molecular formula is C10H18N4O. The molecule has 1 aliphatic heterocycles. The highest BCUT2D eigenvalue weighted by atomic mass is 16.5. The van der Waals surface area contributed by atoms with E-state index in [0.29, 0.717) is 6.10 Å². The maximum atomic E-state index is 5.71. The first-order valence-electron chi connectivity index (χ1n) is 5.53. The molecule has 0 radical (unpaired) electrons. The Balaban J connectivity index is 1.91. The molecule has 1 aromatic rings. The zero-order chi connectivity index (χ0) is 10.7. The van der Waals surface area contributed by atoms with Crippen LogP contribution in [-0.2, 0) is 11.3 Å². The molecule has 1 fully saturated rings. The highest BCUT2D eigenvalue weighted by molar-refractivity contribution is 4.97. The van der Waals surface area contributed by atoms with Crippen molar-refractivity contribution in [3.05, 3.63) is 11.9 Å². The molecule has 1 aliphatic rings. The second-order valence-corrected chi connectivity index (χ2v) is 4.14. The van der Waals surface area contributed by atoms with Crippen LogP contribution < -0.4 is 5.73 Å². The molecule has 2 atom stereocenters. The summed E-state index contributed by atoms with van der Waals surface area (Å²) < 4.78 is 7.46. The second-order valence-electron chi connectivity index (χ2n) is 4.14. The van der Waals surface area contributed by atoms with Gasteiger partial charge in [-0.3, -0.25) is 0 Å². The van der Waals surface area contributed by atoms with Gasteiger partial charge in [-0.25, -0.2) is 4.68 Å². The molecule has 0 aliphatic carbocycles. The van der Waals surface area contributed by atoms with Gasteiger partial charge in [-0.2, -0.15) is 0 Å². The normalized spacial score (nSPS) is 24.0. The zero-order valence-electron chi connectivity index (χ0n) is 9.09. The standard InChI is InChI=1S/C10H18N4O/c1-8(11)10-7-14(13-12-10)6-9-4-2-3-5-15-9/h7-9H,2-6,11H2,1H3. The Morgan fingerprint density at radius 3 is 3.13 bits per heavy atom. The number of nitrogens with two attached hydrogens (primary N) is 1. The SMILES string of the molecule is CC(N)c1cn(CC2CCCCO2)nn1. The Labute approximate surface area is 89.6 Å². The van der Waals surface area contributed by atoms with Crippen LogP contribution in [0.25, 0.3) is 0 Å². The van der Waals surface area contributed by atoms with Gasteiger partial charge in [-0.05, 0) is 26.2 Å². The maximum absolute atomic E-state index is 5.71. The van der Waals surface area contributed by atoms with Gasteiger partial charge in [0.15, 0.2) is 0 Å². The lowest BCUT2D eigenvalue weighted by Gasteiger charge is -2.21. The molecule has 5 heteroatoms. The van der Waals surface area contributed by atoms with Crippen LogP contribution in [0.1, 0.15) is 37.9 Å². The summed E-state index contributed by atoms with van der Waals surface area (Å²) in [4.78, 5) is 0. The molecule has 1 saturated heterocycles. The van der Waals surface area contributed by atoms with Gasteiger partial charge in [0.25, 0.3) is 0 Å². The van der Waals surface area contributed by atoms with Gasteiger partial charge in [0.1, 0.15) is 0 Å². The predicted molar refractivity (Wildman–Crippen MR) is 56.2 cm³/mol. The minimum Gasteiger partial charge on any atom is -0.376 e. The van der Waals surface area contributed by atoms with Crippen LogP contribution in [0.2, 0.25) is 0 Å². The Bertz CT molecular complexity index is 304. The van der Waals surface area contributed by atoms with Crippen LogP contribution in [0, 0.1) is 0 Å². The predicted octanol–water partition coefficient (Wildman–Crippen LogP) is 0.867. The summed E-state index contributed by atoms with van der Waals surface area (Å²) in [6, 6.07) is -0.0500. The fraction of sp³-hybridized carbons (Fsp3) is 0.800. The number of aromatic nitrogens is 3. The molecule has 0 amide bonds. The fourth-order valence-corrected chi connectivity index (χ4v) is 1.77. The smallest absolute Gasteiger partial charge is 0.0991 e. The van der Waals surface area contributed by atoms with Gasteiger partial charge >= 0.3 is 0 Å². The average Bonchev–Trinajstić information content (AvgIpc) is 2.68. The topological polar surface area (TPSA) is 66.0 Å². The van der Waals surface area contributed by atoms with Crippen molar-refractivity contribution < 1.29 is 4.74 Å². The van der Waals surface area contributed by atoms with Gasteiger partial charge in [-0.15, -0.1) is 5.10 Å². The van der Waals surface area contributed by atoms with E-state index in [0.717, 1.165) is 25.3 Å². The third kappa shape index (κ3) is 2.76. The number of nitrogens with zero attached hydrogens (tertiary/aromatic N) is 3. The quantitative estimate of drug-likeness (QED) is 0.803. The molecule has 2 heterocycles. The third-order valence-corrected chi connectivity index (χ3v) is 2.69. The van der Waals surface area contributed by atoms with E-state index >= 15 is 0 Å². The van der Waals surface area contributed by atoms with Crippen molar-refractivity contribution in [1.82, 2.24) is 15.0 Å². The van der Waals surface area contributed by atoms with Crippen molar-refractivity contribution >= 4 is 0 Å². The van der Waals surface area contributed by atoms with Gasteiger partial charge in [-0.1, -0.05) is 5.21 Å². The van der Waals surface area contributed by atoms with E-state index in [-0.39, 0.29) is 6.04 Å². The van der Waals surface area contributed by atoms with Crippen LogP contribution >= 0.6 is 0 Å². The van der Waals surface area contributed by atoms with Gasteiger partial charge in [0.05, 0.1) is 24.5 Å². The molecule has 2 rings (SSSR count). The molecule has 0 spiro atoms. The summed E-state index contributed by atoms with van der Waals surface area (Å²) in [5, 5.41) is 8.05. The molecule has 84 valence electrons. The van der Waals surface area contributed by atoms with Crippen molar-refractivity contribution in [1.29, 1.82) is 0 Å². The van der Waals surface area contributed by atoms with Crippen molar-refractivity contribution in [3.8, 4) is 0 Å². The highest BCUT2D eigenvalue weighted by Gasteiger charge is 2.15. The first-order chi connectivity index (χ1) is 7.25. The van der Waals surface area contributed by atoms with E-state index in [1.54, 1.807) is 0 Å². The fourth-order valence-electron chi connectivity index (χ4n) is 1.77. The summed E-state index contributed by atoms with van der Waals surface area (Å²) in [6.45, 7) is 3.57. The average molecular weight is 210 g/mol. The lowest BCUT2D eigenvalue weighted by atomic mass is 10.1. The first-order valence-corrected chi connectivity index (χ1v) is 5.53. The molecular weight excluding hydrogens is 192 g/mol. The molecule has 0 aromatic carbocycles. The molecule has 2 unspecified atom stereocenters. The summed E-state index contributed by atoms with van der Waals surface area (Å²) in [6.07, 6.45) is 5.75. The van der Waals surface area contributed by atoms with E-state index in [1.807, 2.05) is 17.8 Å². The lowest BCUT2D eigenvalue weighted by molar-refractivity contribution is 0.00369. The Morgan fingerprint density at radius 2 is 2.53 bits per heavy atom. The lowest BCUT2D eigenvalue weighted by Crippen LogP contribution is -2.24. The van der Waals surface area contributed by atoms with Crippen molar-refractivity contribution in [2.45, 2.75) is 44.9 Å². The van der Waals surface area contributed by atoms with Crippen LogP contribution in [0.3, 0.4) is 0 Å². The number of hydrogen-bond acceptors (Lipinski definition) is 4. The second kappa shape index (κ2) is 4.72. The molecule has 0 bridgehead atoms.